The lowest BCUT2D eigenvalue weighted by atomic mass is 9.72. The predicted octanol–water partition coefficient (Wildman–Crippen LogP) is 2.39. The van der Waals surface area contributed by atoms with Crippen molar-refractivity contribution in [3.05, 3.63) is 0 Å². The monoisotopic (exact) mass is 284 g/mol. The maximum absolute atomic E-state index is 12.5. The van der Waals surface area contributed by atoms with Crippen molar-refractivity contribution in [3.8, 4) is 0 Å². The van der Waals surface area contributed by atoms with Crippen molar-refractivity contribution in [1.29, 1.82) is 0 Å². The molecule has 0 aromatic carbocycles. The van der Waals surface area contributed by atoms with Crippen LogP contribution in [-0.2, 0) is 14.3 Å². The molecule has 2 aliphatic rings. The van der Waals surface area contributed by atoms with Gasteiger partial charge in [-0.2, -0.15) is 0 Å². The molecule has 1 aliphatic heterocycles. The third kappa shape index (κ3) is 2.22. The van der Waals surface area contributed by atoms with E-state index in [1.54, 1.807) is 0 Å². The molecule has 0 spiro atoms. The van der Waals surface area contributed by atoms with E-state index in [-0.39, 0.29) is 17.8 Å². The van der Waals surface area contributed by atoms with E-state index < -0.39 is 18.0 Å². The Kier molecular flexibility index (Phi) is 4.04. The molecule has 4 heteroatoms. The molecule has 0 aromatic rings. The van der Waals surface area contributed by atoms with Crippen molar-refractivity contribution in [1.82, 2.24) is 0 Å². The Balaban J connectivity index is 2.48. The summed E-state index contributed by atoms with van der Waals surface area (Å²) in [7, 11) is 0. The van der Waals surface area contributed by atoms with Crippen molar-refractivity contribution in [2.24, 2.45) is 23.7 Å². The molecule has 1 saturated heterocycles. The highest BCUT2D eigenvalue weighted by molar-refractivity contribution is 5.90. The summed E-state index contributed by atoms with van der Waals surface area (Å²) in [5, 5.41) is 9.45. The number of aliphatic hydroxyl groups is 1. The molecule has 1 N–H and O–H groups in total. The van der Waals surface area contributed by atoms with E-state index in [4.69, 9.17) is 9.47 Å². The molecule has 4 nitrogen and oxygen atoms in total. The smallest absolute Gasteiger partial charge is 0.192 e. The van der Waals surface area contributed by atoms with Crippen LogP contribution in [0.3, 0.4) is 0 Å². The number of hydrogen-bond donors (Lipinski definition) is 1. The van der Waals surface area contributed by atoms with Crippen LogP contribution in [0.4, 0.5) is 0 Å². The standard InChI is InChI=1S/C16H28O4/c1-9(2)11-7-13-16(12(18)8-17,14(11)10(3)4)20-15(5,6)19-13/h9-11,13-14,17H,7-8H2,1-6H3. The minimum absolute atomic E-state index is 0.0916. The lowest BCUT2D eigenvalue weighted by Crippen LogP contribution is -2.53. The van der Waals surface area contributed by atoms with Crippen LogP contribution in [0.2, 0.25) is 0 Å². The van der Waals surface area contributed by atoms with Crippen LogP contribution < -0.4 is 0 Å². The number of fused-ring (bicyclic) bond motifs is 1. The fourth-order valence-corrected chi connectivity index (χ4v) is 4.37. The van der Waals surface area contributed by atoms with Gasteiger partial charge in [-0.25, -0.2) is 0 Å². The summed E-state index contributed by atoms with van der Waals surface area (Å²) in [4.78, 5) is 12.5. The third-order valence-electron chi connectivity index (χ3n) is 4.92. The van der Waals surface area contributed by atoms with Crippen LogP contribution in [0.5, 0.6) is 0 Å². The molecule has 1 heterocycles. The fourth-order valence-electron chi connectivity index (χ4n) is 4.37. The summed E-state index contributed by atoms with van der Waals surface area (Å²) < 4.78 is 12.1. The first kappa shape index (κ1) is 15.9. The molecule has 20 heavy (non-hydrogen) atoms. The molecule has 4 unspecified atom stereocenters. The molecule has 0 radical (unpaired) electrons. The number of Topliss-reactive ketones (excluding diaryl/α,β-unsaturated/α-hetero) is 1. The average molecular weight is 284 g/mol. The fraction of sp³-hybridized carbons (Fsp3) is 0.938. The summed E-state index contributed by atoms with van der Waals surface area (Å²) >= 11 is 0. The summed E-state index contributed by atoms with van der Waals surface area (Å²) in [5.41, 5.74) is -0.971. The highest BCUT2D eigenvalue weighted by atomic mass is 16.8. The average Bonchev–Trinajstić information content (AvgIpc) is 2.75. The lowest BCUT2D eigenvalue weighted by Gasteiger charge is -2.38. The maximum Gasteiger partial charge on any atom is 0.192 e. The minimum atomic E-state index is -0.971. The molecule has 1 saturated carbocycles. The number of hydrogen-bond acceptors (Lipinski definition) is 4. The SMILES string of the molecule is CC(C)C1CC2OC(C)(C)OC2(C(=O)CO)C1C(C)C. The van der Waals surface area contributed by atoms with E-state index in [0.29, 0.717) is 17.8 Å². The normalized spacial score (nSPS) is 39.5. The van der Waals surface area contributed by atoms with E-state index in [0.717, 1.165) is 6.42 Å². The van der Waals surface area contributed by atoms with Crippen molar-refractivity contribution in [2.75, 3.05) is 6.61 Å². The first-order chi connectivity index (χ1) is 9.15. The first-order valence-electron chi connectivity index (χ1n) is 7.68. The van der Waals surface area contributed by atoms with E-state index in [1.807, 2.05) is 13.8 Å². The van der Waals surface area contributed by atoms with Gasteiger partial charge in [-0.15, -0.1) is 0 Å². The van der Waals surface area contributed by atoms with E-state index >= 15 is 0 Å². The van der Waals surface area contributed by atoms with Gasteiger partial charge in [0.25, 0.3) is 0 Å². The number of ketones is 1. The zero-order chi connectivity index (χ0) is 15.3. The van der Waals surface area contributed by atoms with Crippen LogP contribution in [-0.4, -0.2) is 35.0 Å². The van der Waals surface area contributed by atoms with Gasteiger partial charge in [-0.1, -0.05) is 27.7 Å². The van der Waals surface area contributed by atoms with Crippen molar-refractivity contribution < 1.29 is 19.4 Å². The van der Waals surface area contributed by atoms with Gasteiger partial charge >= 0.3 is 0 Å². The van der Waals surface area contributed by atoms with E-state index in [1.165, 1.54) is 0 Å². The second-order valence-electron chi connectivity index (χ2n) is 7.40. The number of carbonyl (C=O) groups excluding carboxylic acids is 1. The van der Waals surface area contributed by atoms with Crippen molar-refractivity contribution >= 4 is 5.78 Å². The Bertz CT molecular complexity index is 388. The molecule has 0 amide bonds. The molecular formula is C16H28O4. The Morgan fingerprint density at radius 2 is 1.85 bits per heavy atom. The van der Waals surface area contributed by atoms with Crippen LogP contribution in [0.15, 0.2) is 0 Å². The number of aliphatic hydroxyl groups excluding tert-OH is 1. The molecule has 1 aliphatic carbocycles. The van der Waals surface area contributed by atoms with Gasteiger partial charge in [0.05, 0.1) is 6.10 Å². The van der Waals surface area contributed by atoms with Crippen molar-refractivity contribution in [2.45, 2.75) is 65.5 Å². The molecule has 2 fully saturated rings. The molecule has 0 aromatic heterocycles. The highest BCUT2D eigenvalue weighted by Crippen LogP contribution is 2.56. The Morgan fingerprint density at radius 1 is 1.25 bits per heavy atom. The summed E-state index contributed by atoms with van der Waals surface area (Å²) in [6.45, 7) is 11.8. The Morgan fingerprint density at radius 3 is 2.30 bits per heavy atom. The zero-order valence-corrected chi connectivity index (χ0v) is 13.5. The quantitative estimate of drug-likeness (QED) is 0.861. The topological polar surface area (TPSA) is 55.8 Å². The van der Waals surface area contributed by atoms with Gasteiger partial charge in [0.15, 0.2) is 17.2 Å². The molecule has 0 bridgehead atoms. The Labute approximate surface area is 121 Å². The number of rotatable bonds is 4. The van der Waals surface area contributed by atoms with Gasteiger partial charge in [0, 0.05) is 5.92 Å². The van der Waals surface area contributed by atoms with Crippen LogP contribution in [0.25, 0.3) is 0 Å². The van der Waals surface area contributed by atoms with Crippen molar-refractivity contribution in [3.63, 3.8) is 0 Å². The van der Waals surface area contributed by atoms with Gasteiger partial charge in [-0.05, 0) is 38.0 Å². The minimum Gasteiger partial charge on any atom is -0.388 e. The molecule has 116 valence electrons. The molecule has 2 rings (SSSR count). The van der Waals surface area contributed by atoms with Gasteiger partial charge in [0.2, 0.25) is 0 Å². The largest absolute Gasteiger partial charge is 0.388 e. The second-order valence-corrected chi connectivity index (χ2v) is 7.40. The summed E-state index contributed by atoms with van der Waals surface area (Å²) in [5.74, 6) is 0.257. The van der Waals surface area contributed by atoms with E-state index in [2.05, 4.69) is 27.7 Å². The molecule has 4 atom stereocenters. The second kappa shape index (κ2) is 5.08. The highest BCUT2D eigenvalue weighted by Gasteiger charge is 2.68. The summed E-state index contributed by atoms with van der Waals surface area (Å²) in [6, 6.07) is 0. The third-order valence-corrected chi connectivity index (χ3v) is 4.92. The van der Waals surface area contributed by atoms with E-state index in [9.17, 15) is 9.90 Å². The molecular weight excluding hydrogens is 256 g/mol. The lowest BCUT2D eigenvalue weighted by molar-refractivity contribution is -0.193. The van der Waals surface area contributed by atoms with Gasteiger partial charge in [0.1, 0.15) is 6.61 Å². The van der Waals surface area contributed by atoms with Gasteiger partial charge < -0.3 is 14.6 Å². The first-order valence-corrected chi connectivity index (χ1v) is 7.68. The predicted molar refractivity (Wildman–Crippen MR) is 76.1 cm³/mol. The van der Waals surface area contributed by atoms with Gasteiger partial charge in [-0.3, -0.25) is 4.79 Å². The number of carbonyl (C=O) groups is 1. The summed E-state index contributed by atoms with van der Waals surface area (Å²) in [6.07, 6.45) is 0.590. The van der Waals surface area contributed by atoms with Crippen LogP contribution >= 0.6 is 0 Å². The zero-order valence-electron chi connectivity index (χ0n) is 13.5. The van der Waals surface area contributed by atoms with Crippen LogP contribution in [0, 0.1) is 23.7 Å². The van der Waals surface area contributed by atoms with Crippen LogP contribution in [0.1, 0.15) is 48.0 Å². The maximum atomic E-state index is 12.5. The number of ether oxygens (including phenoxy) is 2. The Hall–Kier alpha value is -0.450.